The van der Waals surface area contributed by atoms with Gasteiger partial charge in [-0.1, -0.05) is 19.9 Å². The molecule has 2 aromatic heterocycles. The quantitative estimate of drug-likeness (QED) is 0.797. The van der Waals surface area contributed by atoms with Gasteiger partial charge in [-0.15, -0.1) is 0 Å². The highest BCUT2D eigenvalue weighted by atomic mass is 16.2. The van der Waals surface area contributed by atoms with E-state index in [1.54, 1.807) is 6.20 Å². The fourth-order valence-corrected chi connectivity index (χ4v) is 3.55. The van der Waals surface area contributed by atoms with Gasteiger partial charge in [0, 0.05) is 51.2 Å². The minimum atomic E-state index is 0.0603. The lowest BCUT2D eigenvalue weighted by molar-refractivity contribution is 0.0474. The zero-order chi connectivity index (χ0) is 19.9. The van der Waals surface area contributed by atoms with Crippen molar-refractivity contribution >= 4 is 11.7 Å². The van der Waals surface area contributed by atoms with Gasteiger partial charge in [0.2, 0.25) is 0 Å². The molecule has 28 heavy (non-hydrogen) atoms. The molecule has 1 atom stereocenters. The van der Waals surface area contributed by atoms with Crippen LogP contribution in [0.1, 0.15) is 43.2 Å². The van der Waals surface area contributed by atoms with E-state index >= 15 is 0 Å². The molecule has 3 heterocycles. The third-order valence-corrected chi connectivity index (χ3v) is 5.14. The van der Waals surface area contributed by atoms with E-state index in [2.05, 4.69) is 41.0 Å². The zero-order valence-corrected chi connectivity index (χ0v) is 17.1. The predicted octanol–water partition coefficient (Wildman–Crippen LogP) is 3.28. The third kappa shape index (κ3) is 5.29. The molecule has 1 N–H and O–H groups in total. The average Bonchev–Trinajstić information content (AvgIpc) is 2.68. The number of anilines is 1. The number of amides is 1. The molecule has 0 bridgehead atoms. The highest BCUT2D eigenvalue weighted by Crippen LogP contribution is 2.19. The number of pyridine rings is 2. The number of rotatable bonds is 7. The summed E-state index contributed by atoms with van der Waals surface area (Å²) in [7, 11) is 0. The van der Waals surface area contributed by atoms with E-state index in [1.807, 2.05) is 41.4 Å². The van der Waals surface area contributed by atoms with Crippen molar-refractivity contribution in [2.45, 2.75) is 39.8 Å². The van der Waals surface area contributed by atoms with Crippen molar-refractivity contribution in [2.24, 2.45) is 5.92 Å². The van der Waals surface area contributed by atoms with Gasteiger partial charge in [-0.3, -0.25) is 14.7 Å². The lowest BCUT2D eigenvalue weighted by atomic mass is 10.1. The summed E-state index contributed by atoms with van der Waals surface area (Å²) in [5.41, 5.74) is 1.73. The van der Waals surface area contributed by atoms with Crippen molar-refractivity contribution in [1.82, 2.24) is 19.8 Å². The van der Waals surface area contributed by atoms with Crippen LogP contribution in [0.2, 0.25) is 0 Å². The molecule has 1 amide bonds. The lowest BCUT2D eigenvalue weighted by Crippen LogP contribution is -2.53. The van der Waals surface area contributed by atoms with Crippen LogP contribution < -0.4 is 5.32 Å². The molecule has 6 heteroatoms. The first-order chi connectivity index (χ1) is 13.5. The molecule has 150 valence electrons. The number of carbonyl (C=O) groups excluding carboxylic acids is 1. The fraction of sp³-hybridized carbons (Fsp3) is 0.500. The van der Waals surface area contributed by atoms with Gasteiger partial charge < -0.3 is 10.2 Å². The van der Waals surface area contributed by atoms with Crippen LogP contribution in [0.5, 0.6) is 0 Å². The van der Waals surface area contributed by atoms with Crippen LogP contribution in [0.4, 0.5) is 5.82 Å². The Morgan fingerprint density at radius 1 is 1.18 bits per heavy atom. The Morgan fingerprint density at radius 2 is 2.00 bits per heavy atom. The molecule has 0 saturated carbocycles. The van der Waals surface area contributed by atoms with Crippen molar-refractivity contribution in [1.29, 1.82) is 0 Å². The molecule has 0 spiro atoms. The maximum Gasteiger partial charge on any atom is 0.257 e. The first-order valence-electron chi connectivity index (χ1n) is 10.2. The maximum atomic E-state index is 13.2. The second kappa shape index (κ2) is 9.64. The lowest BCUT2D eigenvalue weighted by Gasteiger charge is -2.40. The van der Waals surface area contributed by atoms with Gasteiger partial charge in [0.05, 0.1) is 11.3 Å². The normalized spacial score (nSPS) is 17.7. The second-order valence-corrected chi connectivity index (χ2v) is 7.91. The Bertz CT molecular complexity index is 765. The van der Waals surface area contributed by atoms with Crippen LogP contribution in [0.25, 0.3) is 0 Å². The molecule has 0 aliphatic carbocycles. The summed E-state index contributed by atoms with van der Waals surface area (Å²) >= 11 is 0. The molecule has 0 aromatic carbocycles. The molecule has 1 aliphatic rings. The summed E-state index contributed by atoms with van der Waals surface area (Å²) in [4.78, 5) is 26.4. The number of hydrogen-bond acceptors (Lipinski definition) is 5. The molecular weight excluding hydrogens is 350 g/mol. The van der Waals surface area contributed by atoms with Crippen LogP contribution in [-0.2, 0) is 6.54 Å². The molecule has 0 unspecified atom stereocenters. The third-order valence-electron chi connectivity index (χ3n) is 5.14. The van der Waals surface area contributed by atoms with E-state index in [-0.39, 0.29) is 11.9 Å². The summed E-state index contributed by atoms with van der Waals surface area (Å²) in [6.45, 7) is 10.6. The Morgan fingerprint density at radius 3 is 2.71 bits per heavy atom. The van der Waals surface area contributed by atoms with Gasteiger partial charge in [0.25, 0.3) is 5.91 Å². The van der Waals surface area contributed by atoms with Crippen LogP contribution in [-0.4, -0.2) is 57.9 Å². The monoisotopic (exact) mass is 381 g/mol. The first-order valence-corrected chi connectivity index (χ1v) is 10.2. The first kappa shape index (κ1) is 20.3. The highest BCUT2D eigenvalue weighted by Gasteiger charge is 2.29. The number of hydrogen-bond donors (Lipinski definition) is 1. The van der Waals surface area contributed by atoms with Gasteiger partial charge in [-0.05, 0) is 43.5 Å². The Labute approximate surface area is 168 Å². The Balaban J connectivity index is 1.62. The van der Waals surface area contributed by atoms with Crippen molar-refractivity contribution in [2.75, 3.05) is 31.5 Å². The topological polar surface area (TPSA) is 61.4 Å². The summed E-state index contributed by atoms with van der Waals surface area (Å²) in [6.07, 6.45) is 4.62. The van der Waals surface area contributed by atoms with E-state index < -0.39 is 0 Å². The van der Waals surface area contributed by atoms with Crippen molar-refractivity contribution in [3.8, 4) is 0 Å². The van der Waals surface area contributed by atoms with Gasteiger partial charge >= 0.3 is 0 Å². The molecule has 1 saturated heterocycles. The van der Waals surface area contributed by atoms with E-state index in [4.69, 9.17) is 0 Å². The zero-order valence-electron chi connectivity index (χ0n) is 17.1. The Hall–Kier alpha value is -2.47. The molecule has 0 radical (unpaired) electrons. The maximum absolute atomic E-state index is 13.2. The standard InChI is InChI=1S/C22H31N5O/c1-17(2)9-12-25-21-20(8-6-11-24-21)22(28)27-14-13-26(15-18(27)3)16-19-7-4-5-10-23-19/h4-8,10-11,17-18H,9,12-16H2,1-3H3,(H,24,25)/t18-/m1/s1. The van der Waals surface area contributed by atoms with E-state index in [1.165, 1.54) is 0 Å². The fourth-order valence-electron chi connectivity index (χ4n) is 3.55. The van der Waals surface area contributed by atoms with E-state index in [0.29, 0.717) is 23.8 Å². The predicted molar refractivity (Wildman–Crippen MR) is 112 cm³/mol. The van der Waals surface area contributed by atoms with Crippen molar-refractivity contribution in [3.63, 3.8) is 0 Å². The molecule has 6 nitrogen and oxygen atoms in total. The van der Waals surface area contributed by atoms with Crippen LogP contribution >= 0.6 is 0 Å². The van der Waals surface area contributed by atoms with Gasteiger partial charge in [0.1, 0.15) is 5.82 Å². The highest BCUT2D eigenvalue weighted by molar-refractivity contribution is 5.99. The summed E-state index contributed by atoms with van der Waals surface area (Å²) < 4.78 is 0. The van der Waals surface area contributed by atoms with Crippen LogP contribution in [0.3, 0.4) is 0 Å². The average molecular weight is 382 g/mol. The van der Waals surface area contributed by atoms with Gasteiger partial charge in [-0.25, -0.2) is 4.98 Å². The molecule has 2 aromatic rings. The number of nitrogens with one attached hydrogen (secondary N) is 1. The van der Waals surface area contributed by atoms with Gasteiger partial charge in [0.15, 0.2) is 0 Å². The van der Waals surface area contributed by atoms with Crippen molar-refractivity contribution in [3.05, 3.63) is 54.0 Å². The summed E-state index contributed by atoms with van der Waals surface area (Å²) in [5.74, 6) is 1.36. The molecular formula is C22H31N5O. The molecule has 1 fully saturated rings. The van der Waals surface area contributed by atoms with Crippen LogP contribution in [0.15, 0.2) is 42.7 Å². The number of aromatic nitrogens is 2. The van der Waals surface area contributed by atoms with E-state index in [9.17, 15) is 4.79 Å². The summed E-state index contributed by atoms with van der Waals surface area (Å²) in [5, 5.41) is 3.34. The Kier molecular flexibility index (Phi) is 6.98. The largest absolute Gasteiger partial charge is 0.369 e. The second-order valence-electron chi connectivity index (χ2n) is 7.91. The van der Waals surface area contributed by atoms with Crippen molar-refractivity contribution < 1.29 is 4.79 Å². The number of carbonyl (C=O) groups is 1. The van der Waals surface area contributed by atoms with E-state index in [0.717, 1.165) is 38.3 Å². The molecule has 1 aliphatic heterocycles. The SMILES string of the molecule is CC(C)CCNc1ncccc1C(=O)N1CCN(Cc2ccccn2)C[C@H]1C. The smallest absolute Gasteiger partial charge is 0.257 e. The summed E-state index contributed by atoms with van der Waals surface area (Å²) in [6, 6.07) is 9.86. The molecule has 3 rings (SSSR count). The minimum absolute atomic E-state index is 0.0603. The van der Waals surface area contributed by atoms with Gasteiger partial charge in [-0.2, -0.15) is 0 Å². The van der Waals surface area contributed by atoms with Crippen LogP contribution in [0, 0.1) is 5.92 Å². The number of nitrogens with zero attached hydrogens (tertiary/aromatic N) is 4. The minimum Gasteiger partial charge on any atom is -0.369 e. The number of piperazine rings is 1.